The molecule has 4 atom stereocenters. The van der Waals surface area contributed by atoms with Crippen LogP contribution < -0.4 is 5.32 Å². The number of carbonyl (C=O) groups excluding carboxylic acids is 2. The number of methoxy groups -OCH3 is 1. The van der Waals surface area contributed by atoms with Crippen molar-refractivity contribution < 1.29 is 24.2 Å². The minimum absolute atomic E-state index is 0.0902. The molecule has 1 heterocycles. The molecule has 0 spiro atoms. The standard InChI is InChI=1S/C24H25NO5S/c1-11-5-8-16(12(2)9-11)17-13(3)31-22(20(17)24(29)30-4)25-21(26)18-14-6-7-15(10-14)19(18)23(27)28/h5-9,14-15,18-19H,10H2,1-4H3,(H,25,26)(H,27,28)/t14-,15-,18+,19-/m0/s1. The van der Waals surface area contributed by atoms with Gasteiger partial charge in [0.1, 0.15) is 10.6 Å². The number of hydrogen-bond acceptors (Lipinski definition) is 5. The van der Waals surface area contributed by atoms with Crippen molar-refractivity contribution >= 4 is 34.2 Å². The third-order valence-corrected chi connectivity index (χ3v) is 7.43. The van der Waals surface area contributed by atoms with Crippen molar-refractivity contribution in [1.29, 1.82) is 0 Å². The first-order chi connectivity index (χ1) is 14.7. The Balaban J connectivity index is 1.74. The van der Waals surface area contributed by atoms with E-state index >= 15 is 0 Å². The van der Waals surface area contributed by atoms with Crippen LogP contribution in [-0.2, 0) is 14.3 Å². The van der Waals surface area contributed by atoms with Gasteiger partial charge in [0, 0.05) is 10.4 Å². The number of anilines is 1. The molecule has 1 fully saturated rings. The number of carboxylic acids is 1. The Morgan fingerprint density at radius 1 is 1.10 bits per heavy atom. The molecule has 2 aliphatic carbocycles. The van der Waals surface area contributed by atoms with E-state index in [1.54, 1.807) is 0 Å². The number of aliphatic carboxylic acids is 1. The maximum absolute atomic E-state index is 13.2. The monoisotopic (exact) mass is 439 g/mol. The lowest BCUT2D eigenvalue weighted by Gasteiger charge is -2.23. The Labute approximate surface area is 184 Å². The second kappa shape index (κ2) is 7.96. The van der Waals surface area contributed by atoms with Gasteiger partial charge in [0.25, 0.3) is 0 Å². The second-order valence-electron chi connectivity index (χ2n) is 8.37. The first kappa shape index (κ1) is 21.3. The number of rotatable bonds is 5. The van der Waals surface area contributed by atoms with Gasteiger partial charge in [-0.1, -0.05) is 35.9 Å². The SMILES string of the molecule is COC(=O)c1c(NC(=O)[C@H]2[C@@H](C(=O)O)[C@H]3C=C[C@H]2C3)sc(C)c1-c1ccc(C)cc1C. The molecule has 6 nitrogen and oxygen atoms in total. The van der Waals surface area contributed by atoms with Crippen LogP contribution in [0.15, 0.2) is 30.4 Å². The summed E-state index contributed by atoms with van der Waals surface area (Å²) in [4.78, 5) is 38.6. The number of aryl methyl sites for hydroxylation is 3. The van der Waals surface area contributed by atoms with Crippen LogP contribution in [0.5, 0.6) is 0 Å². The molecule has 0 radical (unpaired) electrons. The summed E-state index contributed by atoms with van der Waals surface area (Å²) >= 11 is 1.31. The number of esters is 1. The smallest absolute Gasteiger partial charge is 0.341 e. The Kier molecular flexibility index (Phi) is 5.47. The zero-order valence-electron chi connectivity index (χ0n) is 17.9. The maximum atomic E-state index is 13.2. The second-order valence-corrected chi connectivity index (χ2v) is 9.60. The van der Waals surface area contributed by atoms with Crippen LogP contribution >= 0.6 is 11.3 Å². The van der Waals surface area contributed by atoms with Crippen LogP contribution in [0.2, 0.25) is 0 Å². The molecule has 1 amide bonds. The van der Waals surface area contributed by atoms with E-state index in [0.717, 1.165) is 27.1 Å². The summed E-state index contributed by atoms with van der Waals surface area (Å²) in [5.41, 5.74) is 4.11. The summed E-state index contributed by atoms with van der Waals surface area (Å²) in [6.07, 6.45) is 4.52. The Morgan fingerprint density at radius 3 is 2.39 bits per heavy atom. The summed E-state index contributed by atoms with van der Waals surface area (Å²) in [6, 6.07) is 6.00. The topological polar surface area (TPSA) is 92.7 Å². The summed E-state index contributed by atoms with van der Waals surface area (Å²) < 4.78 is 5.04. The van der Waals surface area contributed by atoms with Crippen LogP contribution in [0.3, 0.4) is 0 Å². The Morgan fingerprint density at radius 2 is 1.77 bits per heavy atom. The first-order valence-corrected chi connectivity index (χ1v) is 11.1. The van der Waals surface area contributed by atoms with Gasteiger partial charge in [0.15, 0.2) is 0 Å². The highest BCUT2D eigenvalue weighted by Crippen LogP contribution is 2.49. The number of carboxylic acid groups (broad SMARTS) is 1. The lowest BCUT2D eigenvalue weighted by Crippen LogP contribution is -2.36. The molecule has 0 aliphatic heterocycles. The van der Waals surface area contributed by atoms with Crippen molar-refractivity contribution in [2.24, 2.45) is 23.7 Å². The number of benzene rings is 1. The average molecular weight is 440 g/mol. The van der Waals surface area contributed by atoms with Gasteiger partial charge in [-0.3, -0.25) is 9.59 Å². The van der Waals surface area contributed by atoms with Gasteiger partial charge in [-0.25, -0.2) is 4.79 Å². The maximum Gasteiger partial charge on any atom is 0.341 e. The molecule has 1 saturated carbocycles. The quantitative estimate of drug-likeness (QED) is 0.525. The summed E-state index contributed by atoms with van der Waals surface area (Å²) in [7, 11) is 1.31. The minimum Gasteiger partial charge on any atom is -0.481 e. The van der Waals surface area contributed by atoms with E-state index in [-0.39, 0.29) is 17.7 Å². The third kappa shape index (κ3) is 3.57. The molecular weight excluding hydrogens is 414 g/mol. The van der Waals surface area contributed by atoms with E-state index in [4.69, 9.17) is 4.74 Å². The third-order valence-electron chi connectivity index (χ3n) is 6.41. The van der Waals surface area contributed by atoms with Gasteiger partial charge in [0.05, 0.1) is 18.9 Å². The van der Waals surface area contributed by atoms with Crippen molar-refractivity contribution in [1.82, 2.24) is 0 Å². The minimum atomic E-state index is -0.955. The number of nitrogens with one attached hydrogen (secondary N) is 1. The van der Waals surface area contributed by atoms with Gasteiger partial charge in [-0.05, 0) is 50.2 Å². The number of carbonyl (C=O) groups is 3. The van der Waals surface area contributed by atoms with E-state index in [9.17, 15) is 19.5 Å². The average Bonchev–Trinajstić information content (AvgIpc) is 3.40. The molecule has 0 unspecified atom stereocenters. The summed E-state index contributed by atoms with van der Waals surface area (Å²) in [5.74, 6) is -3.44. The number of hydrogen-bond donors (Lipinski definition) is 2. The van der Waals surface area contributed by atoms with Gasteiger partial charge >= 0.3 is 11.9 Å². The molecule has 2 N–H and O–H groups in total. The zero-order chi connectivity index (χ0) is 22.4. The molecule has 2 aromatic rings. The largest absolute Gasteiger partial charge is 0.481 e. The number of amides is 1. The van der Waals surface area contributed by atoms with Crippen molar-refractivity contribution in [3.05, 3.63) is 51.9 Å². The number of thiophene rings is 1. The van der Waals surface area contributed by atoms with Crippen LogP contribution in [0.4, 0.5) is 5.00 Å². The van der Waals surface area contributed by atoms with Crippen molar-refractivity contribution in [3.8, 4) is 11.1 Å². The highest BCUT2D eigenvalue weighted by molar-refractivity contribution is 7.17. The molecule has 4 rings (SSSR count). The predicted molar refractivity (Wildman–Crippen MR) is 119 cm³/mol. The molecule has 2 aliphatic rings. The van der Waals surface area contributed by atoms with Crippen LogP contribution in [-0.4, -0.2) is 30.1 Å². The lowest BCUT2D eigenvalue weighted by molar-refractivity contribution is -0.146. The van der Waals surface area contributed by atoms with E-state index in [1.165, 1.54) is 18.4 Å². The molecule has 1 aromatic carbocycles. The number of fused-ring (bicyclic) bond motifs is 2. The normalized spacial score (nSPS) is 23.7. The van der Waals surface area contributed by atoms with Crippen LogP contribution in [0.1, 0.15) is 32.8 Å². The summed E-state index contributed by atoms with van der Waals surface area (Å²) in [5, 5.41) is 12.9. The predicted octanol–water partition coefficient (Wildman–Crippen LogP) is 4.59. The molecular formula is C24H25NO5S. The van der Waals surface area contributed by atoms with E-state index in [1.807, 2.05) is 51.1 Å². The van der Waals surface area contributed by atoms with Gasteiger partial charge < -0.3 is 15.2 Å². The molecule has 1 aromatic heterocycles. The van der Waals surface area contributed by atoms with Crippen molar-refractivity contribution in [2.45, 2.75) is 27.2 Å². The highest BCUT2D eigenvalue weighted by Gasteiger charge is 2.51. The van der Waals surface area contributed by atoms with E-state index < -0.39 is 23.8 Å². The molecule has 162 valence electrons. The fraction of sp³-hybridized carbons (Fsp3) is 0.375. The fourth-order valence-corrected chi connectivity index (χ4v) is 6.12. The van der Waals surface area contributed by atoms with E-state index in [0.29, 0.717) is 17.0 Å². The number of ether oxygens (including phenoxy) is 1. The Hall–Kier alpha value is -2.93. The zero-order valence-corrected chi connectivity index (χ0v) is 18.7. The van der Waals surface area contributed by atoms with Gasteiger partial charge in [-0.15, -0.1) is 11.3 Å². The van der Waals surface area contributed by atoms with Gasteiger partial charge in [0.2, 0.25) is 5.91 Å². The Bertz CT molecular complexity index is 1120. The van der Waals surface area contributed by atoms with Crippen LogP contribution in [0.25, 0.3) is 11.1 Å². The van der Waals surface area contributed by atoms with Crippen LogP contribution in [0, 0.1) is 44.4 Å². The first-order valence-electron chi connectivity index (χ1n) is 10.2. The molecule has 2 bridgehead atoms. The lowest BCUT2D eigenvalue weighted by atomic mass is 9.82. The number of allylic oxidation sites excluding steroid dienone is 2. The van der Waals surface area contributed by atoms with E-state index in [2.05, 4.69) is 5.32 Å². The molecule has 0 saturated heterocycles. The van der Waals surface area contributed by atoms with Crippen molar-refractivity contribution in [2.75, 3.05) is 12.4 Å². The highest BCUT2D eigenvalue weighted by atomic mass is 32.1. The summed E-state index contributed by atoms with van der Waals surface area (Å²) in [6.45, 7) is 5.90. The molecule has 7 heteroatoms. The fourth-order valence-electron chi connectivity index (χ4n) is 5.06. The van der Waals surface area contributed by atoms with Gasteiger partial charge in [-0.2, -0.15) is 0 Å². The van der Waals surface area contributed by atoms with Crippen molar-refractivity contribution in [3.63, 3.8) is 0 Å². The molecule has 31 heavy (non-hydrogen) atoms.